The molecule has 6 nitrogen and oxygen atoms in total. The van der Waals surface area contributed by atoms with Crippen LogP contribution in [-0.4, -0.2) is 45.3 Å². The second-order valence-electron chi connectivity index (χ2n) is 7.44. The highest BCUT2D eigenvalue weighted by atomic mass is 35.5. The molecule has 29 heavy (non-hydrogen) atoms. The number of piperidine rings is 1. The third kappa shape index (κ3) is 3.46. The van der Waals surface area contributed by atoms with Gasteiger partial charge in [-0.1, -0.05) is 24.6 Å². The average Bonchev–Trinajstić information content (AvgIpc) is 3.10. The molecule has 1 aliphatic heterocycles. The minimum atomic E-state index is -0.0375. The Labute approximate surface area is 175 Å². The van der Waals surface area contributed by atoms with Crippen molar-refractivity contribution < 1.29 is 9.53 Å². The summed E-state index contributed by atoms with van der Waals surface area (Å²) in [7, 11) is 1.63. The van der Waals surface area contributed by atoms with Gasteiger partial charge in [-0.25, -0.2) is 9.67 Å². The maximum absolute atomic E-state index is 13.3. The number of benzene rings is 1. The highest BCUT2D eigenvalue weighted by Gasteiger charge is 2.29. The smallest absolute Gasteiger partial charge is 0.257 e. The minimum absolute atomic E-state index is 0.0375. The van der Waals surface area contributed by atoms with Gasteiger partial charge in [0.1, 0.15) is 5.75 Å². The fourth-order valence-electron chi connectivity index (χ4n) is 4.13. The number of pyridine rings is 1. The molecule has 0 spiro atoms. The number of fused-ring (bicyclic) bond motifs is 1. The largest absolute Gasteiger partial charge is 0.497 e. The topological polar surface area (TPSA) is 60.2 Å². The van der Waals surface area contributed by atoms with Gasteiger partial charge < -0.3 is 9.64 Å². The van der Waals surface area contributed by atoms with Crippen LogP contribution in [0.2, 0.25) is 5.02 Å². The van der Waals surface area contributed by atoms with E-state index in [0.717, 1.165) is 42.9 Å². The third-order valence-corrected chi connectivity index (χ3v) is 6.09. The number of nitrogens with zero attached hydrogens (tertiary/aromatic N) is 4. The molecular weight excluding hydrogens is 388 g/mol. The molecule has 0 radical (unpaired) electrons. The van der Waals surface area contributed by atoms with Crippen LogP contribution in [0.25, 0.3) is 16.7 Å². The van der Waals surface area contributed by atoms with E-state index in [1.807, 2.05) is 36.1 Å². The van der Waals surface area contributed by atoms with Crippen LogP contribution in [0, 0.1) is 6.92 Å². The SMILES string of the molecule is CC[C@H]1CCCCN1C(=O)c1cnc2c(c(C)nn2-c2cccc(OC)c2)c1Cl. The molecule has 1 amide bonds. The zero-order valence-corrected chi connectivity index (χ0v) is 17.7. The number of hydrogen-bond acceptors (Lipinski definition) is 4. The van der Waals surface area contributed by atoms with Crippen molar-refractivity contribution in [3.63, 3.8) is 0 Å². The summed E-state index contributed by atoms with van der Waals surface area (Å²) < 4.78 is 7.06. The number of aryl methyl sites for hydroxylation is 1. The lowest BCUT2D eigenvalue weighted by atomic mass is 9.99. The molecule has 3 aromatic rings. The summed E-state index contributed by atoms with van der Waals surface area (Å²) in [5, 5.41) is 5.77. The van der Waals surface area contributed by atoms with E-state index in [-0.39, 0.29) is 11.9 Å². The van der Waals surface area contributed by atoms with Gasteiger partial charge in [-0.05, 0) is 44.7 Å². The second kappa shape index (κ2) is 8.03. The molecule has 3 heterocycles. The van der Waals surface area contributed by atoms with Gasteiger partial charge in [-0.3, -0.25) is 4.79 Å². The number of methoxy groups -OCH3 is 1. The van der Waals surface area contributed by atoms with Crippen LogP contribution >= 0.6 is 11.6 Å². The summed E-state index contributed by atoms with van der Waals surface area (Å²) in [5.74, 6) is 0.696. The summed E-state index contributed by atoms with van der Waals surface area (Å²) in [4.78, 5) is 19.8. The van der Waals surface area contributed by atoms with Gasteiger partial charge >= 0.3 is 0 Å². The van der Waals surface area contributed by atoms with E-state index >= 15 is 0 Å². The Kier molecular flexibility index (Phi) is 5.46. The highest BCUT2D eigenvalue weighted by molar-refractivity contribution is 6.38. The molecule has 2 aromatic heterocycles. The number of aromatic nitrogens is 3. The Bertz CT molecular complexity index is 1060. The van der Waals surface area contributed by atoms with Gasteiger partial charge in [0.2, 0.25) is 0 Å². The standard InChI is InChI=1S/C22H25ClN4O2/c1-4-15-8-5-6-11-26(15)22(28)18-13-24-21-19(20(18)23)14(2)25-27(21)16-9-7-10-17(12-16)29-3/h7,9-10,12-13,15H,4-6,8,11H2,1-3H3/t15-/m0/s1. The Morgan fingerprint density at radius 2 is 2.17 bits per heavy atom. The fraction of sp³-hybridized carbons (Fsp3) is 0.409. The molecule has 0 bridgehead atoms. The maximum atomic E-state index is 13.3. The predicted octanol–water partition coefficient (Wildman–Crippen LogP) is 4.80. The molecule has 0 unspecified atom stereocenters. The zero-order chi connectivity index (χ0) is 20.5. The number of halogens is 1. The average molecular weight is 413 g/mol. The van der Waals surface area contributed by atoms with Crippen LogP contribution in [0.5, 0.6) is 5.75 Å². The van der Waals surface area contributed by atoms with Crippen molar-refractivity contribution in [1.82, 2.24) is 19.7 Å². The maximum Gasteiger partial charge on any atom is 0.257 e. The molecule has 1 aromatic carbocycles. The number of rotatable bonds is 4. The van der Waals surface area contributed by atoms with E-state index in [4.69, 9.17) is 16.3 Å². The van der Waals surface area contributed by atoms with E-state index in [1.54, 1.807) is 18.0 Å². The van der Waals surface area contributed by atoms with Crippen LogP contribution in [0.1, 0.15) is 48.7 Å². The van der Waals surface area contributed by atoms with Gasteiger partial charge in [0.15, 0.2) is 5.65 Å². The Morgan fingerprint density at radius 3 is 2.93 bits per heavy atom. The van der Waals surface area contributed by atoms with Crippen LogP contribution in [-0.2, 0) is 0 Å². The molecule has 152 valence electrons. The molecule has 7 heteroatoms. The van der Waals surface area contributed by atoms with E-state index in [9.17, 15) is 4.79 Å². The van der Waals surface area contributed by atoms with Crippen LogP contribution in [0.3, 0.4) is 0 Å². The first kappa shape index (κ1) is 19.7. The molecule has 4 rings (SSSR count). The minimum Gasteiger partial charge on any atom is -0.497 e. The van der Waals surface area contributed by atoms with Crippen molar-refractivity contribution in [2.45, 2.75) is 45.6 Å². The normalized spacial score (nSPS) is 17.0. The van der Waals surface area contributed by atoms with Crippen LogP contribution < -0.4 is 4.74 Å². The van der Waals surface area contributed by atoms with Crippen LogP contribution in [0.15, 0.2) is 30.5 Å². The van der Waals surface area contributed by atoms with Crippen molar-refractivity contribution in [2.75, 3.05) is 13.7 Å². The van der Waals surface area contributed by atoms with Gasteiger partial charge in [0.25, 0.3) is 5.91 Å². The number of amides is 1. The first-order valence-electron chi connectivity index (χ1n) is 10.0. The third-order valence-electron chi connectivity index (χ3n) is 5.70. The fourth-order valence-corrected chi connectivity index (χ4v) is 4.48. The van der Waals surface area contributed by atoms with Crippen molar-refractivity contribution in [3.8, 4) is 11.4 Å². The first-order valence-corrected chi connectivity index (χ1v) is 10.4. The Balaban J connectivity index is 1.78. The lowest BCUT2D eigenvalue weighted by molar-refractivity contribution is 0.0608. The molecule has 1 aliphatic rings. The molecule has 0 N–H and O–H groups in total. The van der Waals surface area contributed by atoms with E-state index < -0.39 is 0 Å². The lowest BCUT2D eigenvalue weighted by Gasteiger charge is -2.35. The van der Waals surface area contributed by atoms with Crippen molar-refractivity contribution >= 4 is 28.5 Å². The highest BCUT2D eigenvalue weighted by Crippen LogP contribution is 2.32. The quantitative estimate of drug-likeness (QED) is 0.617. The van der Waals surface area contributed by atoms with Crippen LogP contribution in [0.4, 0.5) is 0 Å². The summed E-state index contributed by atoms with van der Waals surface area (Å²) in [5.41, 5.74) is 2.64. The molecule has 1 saturated heterocycles. The van der Waals surface area contributed by atoms with E-state index in [0.29, 0.717) is 21.6 Å². The van der Waals surface area contributed by atoms with E-state index in [1.165, 1.54) is 6.42 Å². The zero-order valence-electron chi connectivity index (χ0n) is 17.0. The summed E-state index contributed by atoms with van der Waals surface area (Å²) in [6.45, 7) is 4.78. The Morgan fingerprint density at radius 1 is 1.34 bits per heavy atom. The van der Waals surface area contributed by atoms with Gasteiger partial charge in [-0.2, -0.15) is 5.10 Å². The predicted molar refractivity (Wildman–Crippen MR) is 114 cm³/mol. The number of carbonyl (C=O) groups is 1. The van der Waals surface area contributed by atoms with Crippen molar-refractivity contribution in [3.05, 3.63) is 46.7 Å². The number of carbonyl (C=O) groups excluding carboxylic acids is 1. The first-order chi connectivity index (χ1) is 14.0. The molecular formula is C22H25ClN4O2. The Hall–Kier alpha value is -2.60. The number of hydrogen-bond donors (Lipinski definition) is 0. The van der Waals surface area contributed by atoms with Crippen molar-refractivity contribution in [1.29, 1.82) is 0 Å². The lowest BCUT2D eigenvalue weighted by Crippen LogP contribution is -2.43. The summed E-state index contributed by atoms with van der Waals surface area (Å²) in [6.07, 6.45) is 5.78. The number of likely N-dealkylation sites (tertiary alicyclic amines) is 1. The molecule has 0 aliphatic carbocycles. The monoisotopic (exact) mass is 412 g/mol. The molecule has 1 fully saturated rings. The number of ether oxygens (including phenoxy) is 1. The second-order valence-corrected chi connectivity index (χ2v) is 7.82. The molecule has 0 saturated carbocycles. The summed E-state index contributed by atoms with van der Waals surface area (Å²) >= 11 is 6.75. The van der Waals surface area contributed by atoms with Crippen molar-refractivity contribution in [2.24, 2.45) is 0 Å². The molecule has 1 atom stereocenters. The van der Waals surface area contributed by atoms with Gasteiger partial charge in [0, 0.05) is 24.8 Å². The van der Waals surface area contributed by atoms with Gasteiger partial charge in [0.05, 0.1) is 34.5 Å². The summed E-state index contributed by atoms with van der Waals surface area (Å²) in [6, 6.07) is 7.87. The van der Waals surface area contributed by atoms with Gasteiger partial charge in [-0.15, -0.1) is 0 Å². The van der Waals surface area contributed by atoms with E-state index in [2.05, 4.69) is 17.0 Å².